The van der Waals surface area contributed by atoms with Crippen molar-refractivity contribution in [1.82, 2.24) is 9.55 Å². The monoisotopic (exact) mass is 426 g/mol. The maximum Gasteiger partial charge on any atom is 0.271 e. The number of halogens is 1. The van der Waals surface area contributed by atoms with Gasteiger partial charge >= 0.3 is 0 Å². The summed E-state index contributed by atoms with van der Waals surface area (Å²) in [4.78, 5) is 17.4. The number of methoxy groups -OCH3 is 1. The second kappa shape index (κ2) is 7.05. The van der Waals surface area contributed by atoms with Gasteiger partial charge in [0.15, 0.2) is 0 Å². The van der Waals surface area contributed by atoms with Crippen LogP contribution in [-0.2, 0) is 6.54 Å². The lowest BCUT2D eigenvalue weighted by molar-refractivity contribution is 0.415. The predicted octanol–water partition coefficient (Wildman–Crippen LogP) is 4.94. The summed E-state index contributed by atoms with van der Waals surface area (Å²) >= 11 is 4.86. The molecule has 0 bridgehead atoms. The number of hydrogen-bond donors (Lipinski definition) is 0. The van der Waals surface area contributed by atoms with E-state index in [-0.39, 0.29) is 5.56 Å². The van der Waals surface area contributed by atoms with Gasteiger partial charge in [-0.1, -0.05) is 40.2 Å². The average Bonchev–Trinajstić information content (AvgIpc) is 3.11. The summed E-state index contributed by atoms with van der Waals surface area (Å²) in [5, 5.41) is 1.99. The van der Waals surface area contributed by atoms with Crippen molar-refractivity contribution >= 4 is 37.5 Å². The summed E-state index contributed by atoms with van der Waals surface area (Å²) in [6.07, 6.45) is 1.63. The summed E-state index contributed by atoms with van der Waals surface area (Å²) in [5.41, 5.74) is 3.79. The summed E-state index contributed by atoms with van der Waals surface area (Å²) in [6, 6.07) is 15.7. The molecule has 6 heteroatoms. The van der Waals surface area contributed by atoms with E-state index in [9.17, 15) is 4.79 Å². The highest BCUT2D eigenvalue weighted by molar-refractivity contribution is 9.10. The quantitative estimate of drug-likeness (QED) is 0.463. The van der Waals surface area contributed by atoms with Gasteiger partial charge < -0.3 is 4.74 Å². The Balaban J connectivity index is 1.72. The van der Waals surface area contributed by atoms with Gasteiger partial charge in [0.25, 0.3) is 5.56 Å². The van der Waals surface area contributed by atoms with Crippen LogP contribution in [0.15, 0.2) is 69.5 Å². The molecule has 0 amide bonds. The first-order valence-corrected chi connectivity index (χ1v) is 9.68. The van der Waals surface area contributed by atoms with Crippen molar-refractivity contribution in [3.63, 3.8) is 0 Å². The third-order valence-electron chi connectivity index (χ3n) is 4.21. The molecule has 4 aromatic rings. The Morgan fingerprint density at radius 3 is 2.54 bits per heavy atom. The van der Waals surface area contributed by atoms with Crippen LogP contribution in [-0.4, -0.2) is 16.7 Å². The summed E-state index contributed by atoms with van der Waals surface area (Å²) in [7, 11) is 1.64. The molecule has 0 atom stereocenters. The SMILES string of the molecule is COc1ccc(-c2csc3c(=O)n(Cc4ccc(Br)cc4)cnc23)cc1. The van der Waals surface area contributed by atoms with E-state index in [1.165, 1.54) is 11.3 Å². The van der Waals surface area contributed by atoms with Gasteiger partial charge in [-0.2, -0.15) is 0 Å². The van der Waals surface area contributed by atoms with Crippen LogP contribution in [0.2, 0.25) is 0 Å². The largest absolute Gasteiger partial charge is 0.497 e. The molecule has 0 aliphatic carbocycles. The summed E-state index contributed by atoms with van der Waals surface area (Å²) in [6.45, 7) is 0.505. The van der Waals surface area contributed by atoms with Crippen molar-refractivity contribution in [2.45, 2.75) is 6.54 Å². The van der Waals surface area contributed by atoms with Gasteiger partial charge in [-0.15, -0.1) is 11.3 Å². The van der Waals surface area contributed by atoms with Gasteiger partial charge in [0.05, 0.1) is 25.5 Å². The summed E-state index contributed by atoms with van der Waals surface area (Å²) in [5.74, 6) is 0.804. The minimum absolute atomic E-state index is 0.0114. The molecule has 0 saturated heterocycles. The van der Waals surface area contributed by atoms with E-state index in [0.717, 1.165) is 32.4 Å². The van der Waals surface area contributed by atoms with E-state index in [1.54, 1.807) is 18.0 Å². The van der Waals surface area contributed by atoms with Crippen LogP contribution in [0.25, 0.3) is 21.3 Å². The van der Waals surface area contributed by atoms with E-state index in [1.807, 2.05) is 53.9 Å². The fourth-order valence-electron chi connectivity index (χ4n) is 2.82. The number of hydrogen-bond acceptors (Lipinski definition) is 4. The molecule has 4 rings (SSSR count). The predicted molar refractivity (Wildman–Crippen MR) is 109 cm³/mol. The van der Waals surface area contributed by atoms with Crippen molar-refractivity contribution in [2.24, 2.45) is 0 Å². The summed E-state index contributed by atoms with van der Waals surface area (Å²) < 4.78 is 8.55. The third-order valence-corrected chi connectivity index (χ3v) is 5.70. The lowest BCUT2D eigenvalue weighted by Gasteiger charge is -2.06. The zero-order valence-electron chi connectivity index (χ0n) is 14.0. The number of nitrogens with zero attached hydrogens (tertiary/aromatic N) is 2. The minimum atomic E-state index is -0.0114. The molecule has 0 saturated carbocycles. The zero-order chi connectivity index (χ0) is 18.1. The van der Waals surface area contributed by atoms with E-state index in [4.69, 9.17) is 4.74 Å². The average molecular weight is 427 g/mol. The standard InChI is InChI=1S/C20H15BrN2O2S/c1-25-16-8-4-14(5-9-16)17-11-26-19-18(17)22-12-23(20(19)24)10-13-2-6-15(21)7-3-13/h2-9,11-12H,10H2,1H3. The van der Waals surface area contributed by atoms with Crippen molar-refractivity contribution in [3.05, 3.63) is 80.6 Å². The smallest absolute Gasteiger partial charge is 0.271 e. The molecule has 0 unspecified atom stereocenters. The molecule has 0 radical (unpaired) electrons. The Morgan fingerprint density at radius 2 is 1.85 bits per heavy atom. The Labute approximate surface area is 162 Å². The second-order valence-corrected chi connectivity index (χ2v) is 7.66. The molecule has 0 fully saturated rings. The molecular weight excluding hydrogens is 412 g/mol. The van der Waals surface area contributed by atoms with E-state index >= 15 is 0 Å². The van der Waals surface area contributed by atoms with Gasteiger partial charge in [0.2, 0.25) is 0 Å². The van der Waals surface area contributed by atoms with Crippen LogP contribution in [0, 0.1) is 0 Å². The van der Waals surface area contributed by atoms with Gasteiger partial charge in [0, 0.05) is 15.4 Å². The Morgan fingerprint density at radius 1 is 1.12 bits per heavy atom. The topological polar surface area (TPSA) is 44.1 Å². The third kappa shape index (κ3) is 3.18. The molecule has 26 heavy (non-hydrogen) atoms. The van der Waals surface area contributed by atoms with E-state index in [0.29, 0.717) is 11.2 Å². The molecule has 0 aliphatic heterocycles. The highest BCUT2D eigenvalue weighted by Gasteiger charge is 2.13. The maximum atomic E-state index is 12.8. The van der Waals surface area contributed by atoms with Crippen LogP contribution in [0.1, 0.15) is 5.56 Å². The first-order chi connectivity index (χ1) is 12.7. The molecule has 0 aliphatic rings. The first-order valence-electron chi connectivity index (χ1n) is 8.01. The van der Waals surface area contributed by atoms with E-state index in [2.05, 4.69) is 20.9 Å². The molecule has 4 nitrogen and oxygen atoms in total. The molecule has 2 aromatic carbocycles. The maximum absolute atomic E-state index is 12.8. The number of aromatic nitrogens is 2. The van der Waals surface area contributed by atoms with Crippen molar-refractivity contribution in [1.29, 1.82) is 0 Å². The molecule has 130 valence electrons. The van der Waals surface area contributed by atoms with Crippen LogP contribution in [0.5, 0.6) is 5.75 Å². The molecule has 2 heterocycles. The number of thiophene rings is 1. The second-order valence-electron chi connectivity index (χ2n) is 5.86. The van der Waals surface area contributed by atoms with Gasteiger partial charge in [0.1, 0.15) is 10.4 Å². The first kappa shape index (κ1) is 17.0. The van der Waals surface area contributed by atoms with Crippen molar-refractivity contribution in [2.75, 3.05) is 7.11 Å². The number of fused-ring (bicyclic) bond motifs is 1. The van der Waals surface area contributed by atoms with Crippen molar-refractivity contribution < 1.29 is 4.74 Å². The van der Waals surface area contributed by atoms with Gasteiger partial charge in [-0.05, 0) is 35.4 Å². The normalized spacial score (nSPS) is 11.0. The molecule has 0 spiro atoms. The van der Waals surface area contributed by atoms with Crippen LogP contribution in [0.3, 0.4) is 0 Å². The van der Waals surface area contributed by atoms with Crippen molar-refractivity contribution in [3.8, 4) is 16.9 Å². The van der Waals surface area contributed by atoms with Crippen LogP contribution < -0.4 is 10.3 Å². The van der Waals surface area contributed by atoms with Gasteiger partial charge in [-0.25, -0.2) is 4.98 Å². The lowest BCUT2D eigenvalue weighted by Crippen LogP contribution is -2.20. The molecule has 0 N–H and O–H groups in total. The highest BCUT2D eigenvalue weighted by atomic mass is 79.9. The number of rotatable bonds is 4. The van der Waals surface area contributed by atoms with Crippen LogP contribution in [0.4, 0.5) is 0 Å². The Kier molecular flexibility index (Phi) is 4.61. The minimum Gasteiger partial charge on any atom is -0.497 e. The lowest BCUT2D eigenvalue weighted by atomic mass is 10.1. The number of benzene rings is 2. The highest BCUT2D eigenvalue weighted by Crippen LogP contribution is 2.31. The van der Waals surface area contributed by atoms with E-state index < -0.39 is 0 Å². The Bertz CT molecular complexity index is 1120. The Hall–Kier alpha value is -2.44. The fourth-order valence-corrected chi connectivity index (χ4v) is 4.06. The number of ether oxygens (including phenoxy) is 1. The van der Waals surface area contributed by atoms with Gasteiger partial charge in [-0.3, -0.25) is 9.36 Å². The van der Waals surface area contributed by atoms with Crippen LogP contribution >= 0.6 is 27.3 Å². The zero-order valence-corrected chi connectivity index (χ0v) is 16.4. The molecule has 2 aromatic heterocycles. The fraction of sp³-hybridized carbons (Fsp3) is 0.100. The molecular formula is C20H15BrN2O2S.